The molecule has 0 aromatic heterocycles. The van der Waals surface area contributed by atoms with Gasteiger partial charge in [0.05, 0.1) is 0 Å². The molecule has 10 heavy (non-hydrogen) atoms. The molecule has 0 aliphatic heterocycles. The number of allylic oxidation sites excluding steroid dienone is 2. The van der Waals surface area contributed by atoms with Crippen LogP contribution in [0.2, 0.25) is 0 Å². The van der Waals surface area contributed by atoms with Crippen LogP contribution in [-0.4, -0.2) is 6.29 Å². The molecule has 56 valence electrons. The first kappa shape index (κ1) is 7.52. The van der Waals surface area contributed by atoms with Crippen LogP contribution in [0.25, 0.3) is 0 Å². The quantitative estimate of drug-likeness (QED) is 0.508. The Balaban J connectivity index is 2.65. The summed E-state index contributed by atoms with van der Waals surface area (Å²) in [4.78, 5) is 10.4. The fourth-order valence-electron chi connectivity index (χ4n) is 1.45. The predicted molar refractivity (Wildman–Crippen MR) is 41.8 cm³/mol. The second-order valence-corrected chi connectivity index (χ2v) is 3.78. The first-order valence-corrected chi connectivity index (χ1v) is 3.78. The Kier molecular flexibility index (Phi) is 1.93. The minimum absolute atomic E-state index is 0.352. The van der Waals surface area contributed by atoms with Crippen LogP contribution in [0, 0.1) is 5.41 Å². The summed E-state index contributed by atoms with van der Waals surface area (Å²) in [5.41, 5.74) is 1.33. The summed E-state index contributed by atoms with van der Waals surface area (Å²) < 4.78 is 0. The highest BCUT2D eigenvalue weighted by Crippen LogP contribution is 2.33. The van der Waals surface area contributed by atoms with Crippen LogP contribution in [0.4, 0.5) is 0 Å². The van der Waals surface area contributed by atoms with E-state index in [0.717, 1.165) is 24.7 Å². The SMILES string of the molecule is CC1(C)CCC=C(C=O)C1. The van der Waals surface area contributed by atoms with Crippen molar-refractivity contribution < 1.29 is 4.79 Å². The molecule has 0 aromatic rings. The Labute approximate surface area is 62.1 Å². The standard InChI is InChI=1S/C9H14O/c1-9(2)5-3-4-8(6-9)7-10/h4,7H,3,5-6H2,1-2H3. The normalized spacial score (nSPS) is 23.6. The van der Waals surface area contributed by atoms with Gasteiger partial charge in [-0.15, -0.1) is 0 Å². The maximum Gasteiger partial charge on any atom is 0.145 e. The summed E-state index contributed by atoms with van der Waals surface area (Å²) in [5.74, 6) is 0. The van der Waals surface area contributed by atoms with E-state index < -0.39 is 0 Å². The molecule has 0 radical (unpaired) electrons. The van der Waals surface area contributed by atoms with E-state index in [1.54, 1.807) is 0 Å². The zero-order chi connectivity index (χ0) is 7.61. The Morgan fingerprint density at radius 3 is 2.70 bits per heavy atom. The topological polar surface area (TPSA) is 17.1 Å². The highest BCUT2D eigenvalue weighted by atomic mass is 16.1. The van der Waals surface area contributed by atoms with Gasteiger partial charge < -0.3 is 0 Å². The third-order valence-corrected chi connectivity index (χ3v) is 2.06. The lowest BCUT2D eigenvalue weighted by Crippen LogP contribution is -2.15. The number of aldehydes is 1. The Bertz CT molecular complexity index is 166. The summed E-state index contributed by atoms with van der Waals surface area (Å²) in [5, 5.41) is 0. The molecule has 1 rings (SSSR count). The molecule has 0 heterocycles. The van der Waals surface area contributed by atoms with E-state index in [9.17, 15) is 4.79 Å². The van der Waals surface area contributed by atoms with Crippen LogP contribution in [0.1, 0.15) is 33.1 Å². The fraction of sp³-hybridized carbons (Fsp3) is 0.667. The first-order chi connectivity index (χ1) is 4.64. The lowest BCUT2D eigenvalue weighted by molar-refractivity contribution is -0.105. The van der Waals surface area contributed by atoms with Gasteiger partial charge in [-0.25, -0.2) is 0 Å². The van der Waals surface area contributed by atoms with Gasteiger partial charge in [0, 0.05) is 0 Å². The number of hydrogen-bond acceptors (Lipinski definition) is 1. The molecule has 0 bridgehead atoms. The average Bonchev–Trinajstić information content (AvgIpc) is 1.86. The summed E-state index contributed by atoms with van der Waals surface area (Å²) in [6.07, 6.45) is 6.28. The second-order valence-electron chi connectivity index (χ2n) is 3.78. The van der Waals surface area contributed by atoms with Gasteiger partial charge in [-0.05, 0) is 30.3 Å². The van der Waals surface area contributed by atoms with E-state index in [4.69, 9.17) is 0 Å². The smallest absolute Gasteiger partial charge is 0.145 e. The predicted octanol–water partition coefficient (Wildman–Crippen LogP) is 2.32. The van der Waals surface area contributed by atoms with Crippen molar-refractivity contribution >= 4 is 6.29 Å². The molecular formula is C9H14O. The largest absolute Gasteiger partial charge is 0.298 e. The van der Waals surface area contributed by atoms with Gasteiger partial charge in [0.15, 0.2) is 0 Å². The molecular weight excluding hydrogens is 124 g/mol. The lowest BCUT2D eigenvalue weighted by Gasteiger charge is -2.27. The van der Waals surface area contributed by atoms with E-state index in [2.05, 4.69) is 19.9 Å². The molecule has 0 saturated carbocycles. The minimum atomic E-state index is 0.352. The van der Waals surface area contributed by atoms with Gasteiger partial charge >= 0.3 is 0 Å². The van der Waals surface area contributed by atoms with Crippen molar-refractivity contribution in [1.82, 2.24) is 0 Å². The van der Waals surface area contributed by atoms with Gasteiger partial charge in [-0.1, -0.05) is 19.9 Å². The Morgan fingerprint density at radius 1 is 1.60 bits per heavy atom. The van der Waals surface area contributed by atoms with Crippen molar-refractivity contribution in [3.05, 3.63) is 11.6 Å². The molecule has 0 amide bonds. The molecule has 1 nitrogen and oxygen atoms in total. The average molecular weight is 138 g/mol. The van der Waals surface area contributed by atoms with Crippen LogP contribution in [0.5, 0.6) is 0 Å². The molecule has 0 aromatic carbocycles. The van der Waals surface area contributed by atoms with Crippen LogP contribution < -0.4 is 0 Å². The van der Waals surface area contributed by atoms with Crippen LogP contribution in [-0.2, 0) is 4.79 Å². The van der Waals surface area contributed by atoms with Crippen molar-refractivity contribution in [2.45, 2.75) is 33.1 Å². The van der Waals surface area contributed by atoms with E-state index in [1.807, 2.05) is 0 Å². The van der Waals surface area contributed by atoms with Crippen molar-refractivity contribution in [1.29, 1.82) is 0 Å². The van der Waals surface area contributed by atoms with E-state index in [0.29, 0.717) is 5.41 Å². The van der Waals surface area contributed by atoms with E-state index in [-0.39, 0.29) is 0 Å². The Morgan fingerprint density at radius 2 is 2.30 bits per heavy atom. The third-order valence-electron chi connectivity index (χ3n) is 2.06. The van der Waals surface area contributed by atoms with Gasteiger partial charge in [0.1, 0.15) is 6.29 Å². The maximum absolute atomic E-state index is 10.4. The van der Waals surface area contributed by atoms with Crippen LogP contribution in [0.3, 0.4) is 0 Å². The number of carbonyl (C=O) groups is 1. The summed E-state index contributed by atoms with van der Waals surface area (Å²) in [7, 11) is 0. The van der Waals surface area contributed by atoms with E-state index >= 15 is 0 Å². The van der Waals surface area contributed by atoms with Gasteiger partial charge in [-0.3, -0.25) is 4.79 Å². The summed E-state index contributed by atoms with van der Waals surface area (Å²) >= 11 is 0. The van der Waals surface area contributed by atoms with E-state index in [1.165, 1.54) is 6.42 Å². The summed E-state index contributed by atoms with van der Waals surface area (Å²) in [6, 6.07) is 0. The molecule has 0 N–H and O–H groups in total. The zero-order valence-electron chi connectivity index (χ0n) is 6.68. The van der Waals surface area contributed by atoms with Crippen molar-refractivity contribution in [3.63, 3.8) is 0 Å². The van der Waals surface area contributed by atoms with Crippen LogP contribution >= 0.6 is 0 Å². The highest BCUT2D eigenvalue weighted by molar-refractivity contribution is 5.73. The molecule has 1 heteroatoms. The Hall–Kier alpha value is -0.590. The van der Waals surface area contributed by atoms with Crippen molar-refractivity contribution in [2.24, 2.45) is 5.41 Å². The fourth-order valence-corrected chi connectivity index (χ4v) is 1.45. The molecule has 0 spiro atoms. The number of hydrogen-bond donors (Lipinski definition) is 0. The molecule has 1 aliphatic rings. The maximum atomic E-state index is 10.4. The first-order valence-electron chi connectivity index (χ1n) is 3.78. The molecule has 0 fully saturated rings. The van der Waals surface area contributed by atoms with Gasteiger partial charge in [0.2, 0.25) is 0 Å². The minimum Gasteiger partial charge on any atom is -0.298 e. The van der Waals surface area contributed by atoms with Gasteiger partial charge in [0.25, 0.3) is 0 Å². The molecule has 0 unspecified atom stereocenters. The highest BCUT2D eigenvalue weighted by Gasteiger charge is 2.21. The zero-order valence-corrected chi connectivity index (χ0v) is 6.68. The van der Waals surface area contributed by atoms with Crippen molar-refractivity contribution in [3.8, 4) is 0 Å². The molecule has 0 atom stereocenters. The lowest BCUT2D eigenvalue weighted by atomic mass is 9.78. The van der Waals surface area contributed by atoms with Crippen LogP contribution in [0.15, 0.2) is 11.6 Å². The summed E-state index contributed by atoms with van der Waals surface area (Å²) in [6.45, 7) is 4.42. The number of carbonyl (C=O) groups excluding carboxylic acids is 1. The third kappa shape index (κ3) is 1.69. The second kappa shape index (κ2) is 2.57. The molecule has 1 aliphatic carbocycles. The van der Waals surface area contributed by atoms with Gasteiger partial charge in [-0.2, -0.15) is 0 Å². The molecule has 0 saturated heterocycles. The number of rotatable bonds is 1. The monoisotopic (exact) mass is 138 g/mol. The van der Waals surface area contributed by atoms with Crippen molar-refractivity contribution in [2.75, 3.05) is 0 Å².